The number of hydrogen-bond donors (Lipinski definition) is 1. The third-order valence-corrected chi connectivity index (χ3v) is 1.94. The predicted molar refractivity (Wildman–Crippen MR) is 50.6 cm³/mol. The quantitative estimate of drug-likeness (QED) is 0.834. The van der Waals surface area contributed by atoms with Gasteiger partial charge in [-0.05, 0) is 18.2 Å². The van der Waals surface area contributed by atoms with Gasteiger partial charge in [0.2, 0.25) is 0 Å². The molecule has 0 aliphatic rings. The molecule has 92 valence electrons. The average Bonchev–Trinajstić information content (AvgIpc) is 2.27. The van der Waals surface area contributed by atoms with Gasteiger partial charge in [0.05, 0.1) is 17.8 Å². The molecule has 0 atom stereocenters. The molecule has 0 aliphatic heterocycles. The summed E-state index contributed by atoms with van der Waals surface area (Å²) in [5.41, 5.74) is -0.343. The van der Waals surface area contributed by atoms with E-state index in [9.17, 15) is 22.0 Å². The highest BCUT2D eigenvalue weighted by atomic mass is 19.3. The first kappa shape index (κ1) is 13.2. The van der Waals surface area contributed by atoms with E-state index in [-0.39, 0.29) is 11.3 Å². The fourth-order valence-corrected chi connectivity index (χ4v) is 1.05. The Morgan fingerprint density at radius 2 is 2.00 bits per heavy atom. The molecular weight excluding hydrogens is 243 g/mol. The summed E-state index contributed by atoms with van der Waals surface area (Å²) < 4.78 is 61.5. The van der Waals surface area contributed by atoms with Crippen molar-refractivity contribution in [2.24, 2.45) is 0 Å². The van der Waals surface area contributed by atoms with Gasteiger partial charge in [-0.25, -0.2) is 13.2 Å². The lowest BCUT2D eigenvalue weighted by Gasteiger charge is -2.17. The van der Waals surface area contributed by atoms with Crippen LogP contribution in [0.1, 0.15) is 5.56 Å². The van der Waals surface area contributed by atoms with Crippen molar-refractivity contribution in [3.63, 3.8) is 0 Å². The smallest absolute Gasteiger partial charge is 0.324 e. The Balaban J connectivity index is 2.80. The molecule has 0 unspecified atom stereocenters. The van der Waals surface area contributed by atoms with Gasteiger partial charge in [-0.15, -0.1) is 0 Å². The number of nitrogens with zero attached hydrogens (tertiary/aromatic N) is 1. The number of nitrogens with one attached hydrogen (secondary N) is 1. The fraction of sp³-hybridized carbons (Fsp3) is 0.300. The maximum Gasteiger partial charge on any atom is 0.324 e. The highest BCUT2D eigenvalue weighted by Crippen LogP contribution is 2.24. The Morgan fingerprint density at radius 3 is 2.53 bits per heavy atom. The van der Waals surface area contributed by atoms with Gasteiger partial charge in [0, 0.05) is 0 Å². The van der Waals surface area contributed by atoms with Crippen LogP contribution < -0.4 is 5.32 Å². The monoisotopic (exact) mass is 250 g/mol. The van der Waals surface area contributed by atoms with Crippen LogP contribution in [0.5, 0.6) is 0 Å². The lowest BCUT2D eigenvalue weighted by atomic mass is 10.2. The second-order valence-electron chi connectivity index (χ2n) is 3.22. The lowest BCUT2D eigenvalue weighted by molar-refractivity contribution is -0.117. The van der Waals surface area contributed by atoms with Crippen LogP contribution >= 0.6 is 0 Å². The number of benzene rings is 1. The standard InChI is InChI=1S/C10H7F5N2/c11-7-1-2-8(6(3-7)4-16)17-5-10(14,15)9(12)13/h1-3,9,17H,5H2. The number of halogens is 5. The van der Waals surface area contributed by atoms with Gasteiger partial charge in [-0.2, -0.15) is 14.0 Å². The van der Waals surface area contributed by atoms with Crippen LogP contribution in [0.25, 0.3) is 0 Å². The van der Waals surface area contributed by atoms with Gasteiger partial charge in [0.15, 0.2) is 0 Å². The molecule has 0 aromatic heterocycles. The largest absolute Gasteiger partial charge is 0.378 e. The Morgan fingerprint density at radius 1 is 1.35 bits per heavy atom. The van der Waals surface area contributed by atoms with Crippen LogP contribution in [0.4, 0.5) is 27.6 Å². The van der Waals surface area contributed by atoms with E-state index in [1.807, 2.05) is 5.32 Å². The molecule has 2 nitrogen and oxygen atoms in total. The summed E-state index contributed by atoms with van der Waals surface area (Å²) in [5, 5.41) is 10.6. The normalized spacial score (nSPS) is 11.4. The molecule has 1 aromatic carbocycles. The lowest BCUT2D eigenvalue weighted by Crippen LogP contribution is -2.35. The number of rotatable bonds is 4. The van der Waals surface area contributed by atoms with Gasteiger partial charge >= 0.3 is 12.3 Å². The second-order valence-corrected chi connectivity index (χ2v) is 3.22. The molecule has 0 fully saturated rings. The Kier molecular flexibility index (Phi) is 3.89. The fourth-order valence-electron chi connectivity index (χ4n) is 1.05. The SMILES string of the molecule is N#Cc1cc(F)ccc1NCC(F)(F)C(F)F. The molecule has 0 saturated carbocycles. The summed E-state index contributed by atoms with van der Waals surface area (Å²) >= 11 is 0. The van der Waals surface area contributed by atoms with Crippen molar-refractivity contribution < 1.29 is 22.0 Å². The molecule has 7 heteroatoms. The van der Waals surface area contributed by atoms with Crippen LogP contribution in [0, 0.1) is 17.1 Å². The van der Waals surface area contributed by atoms with E-state index < -0.39 is 24.7 Å². The zero-order valence-corrected chi connectivity index (χ0v) is 8.35. The minimum Gasteiger partial charge on any atom is -0.378 e. The van der Waals surface area contributed by atoms with Gasteiger partial charge in [0.25, 0.3) is 0 Å². The van der Waals surface area contributed by atoms with Crippen molar-refractivity contribution in [2.45, 2.75) is 12.3 Å². The molecule has 1 N–H and O–H groups in total. The highest BCUT2D eigenvalue weighted by molar-refractivity contribution is 5.57. The van der Waals surface area contributed by atoms with Gasteiger partial charge in [-0.1, -0.05) is 0 Å². The van der Waals surface area contributed by atoms with Crippen molar-refractivity contribution in [1.29, 1.82) is 5.26 Å². The Bertz CT molecular complexity index is 439. The molecule has 0 radical (unpaired) electrons. The molecule has 0 aliphatic carbocycles. The van der Waals surface area contributed by atoms with Crippen molar-refractivity contribution in [3.8, 4) is 6.07 Å². The molecule has 0 spiro atoms. The van der Waals surface area contributed by atoms with E-state index in [1.54, 1.807) is 6.07 Å². The third-order valence-electron chi connectivity index (χ3n) is 1.94. The van der Waals surface area contributed by atoms with Crippen LogP contribution in [-0.2, 0) is 0 Å². The molecule has 0 amide bonds. The number of nitriles is 1. The molecule has 17 heavy (non-hydrogen) atoms. The molecule has 0 bridgehead atoms. The van der Waals surface area contributed by atoms with E-state index >= 15 is 0 Å². The summed E-state index contributed by atoms with van der Waals surface area (Å²) in [7, 11) is 0. The van der Waals surface area contributed by atoms with Crippen LogP contribution in [0.2, 0.25) is 0 Å². The van der Waals surface area contributed by atoms with Gasteiger partial charge in [0.1, 0.15) is 11.9 Å². The van der Waals surface area contributed by atoms with E-state index in [0.717, 1.165) is 18.2 Å². The topological polar surface area (TPSA) is 35.8 Å². The number of alkyl halides is 4. The number of anilines is 1. The molecule has 1 aromatic rings. The van der Waals surface area contributed by atoms with Crippen LogP contribution in [0.15, 0.2) is 18.2 Å². The zero-order chi connectivity index (χ0) is 13.1. The maximum atomic E-state index is 12.7. The van der Waals surface area contributed by atoms with Crippen molar-refractivity contribution in [2.75, 3.05) is 11.9 Å². The number of hydrogen-bond acceptors (Lipinski definition) is 2. The molecular formula is C10H7F5N2. The van der Waals surface area contributed by atoms with Crippen molar-refractivity contribution in [3.05, 3.63) is 29.6 Å². The predicted octanol–water partition coefficient (Wildman–Crippen LogP) is 3.01. The minimum absolute atomic E-state index is 0.116. The van der Waals surface area contributed by atoms with Crippen LogP contribution in [0.3, 0.4) is 0 Å². The van der Waals surface area contributed by atoms with Crippen molar-refractivity contribution >= 4 is 5.69 Å². The summed E-state index contributed by atoms with van der Waals surface area (Å²) in [6.45, 7) is -1.33. The Labute approximate surface area is 93.7 Å². The van der Waals surface area contributed by atoms with Gasteiger partial charge in [-0.3, -0.25) is 0 Å². The highest BCUT2D eigenvalue weighted by Gasteiger charge is 2.40. The summed E-state index contributed by atoms with van der Waals surface area (Å²) in [6.07, 6.45) is -3.80. The maximum absolute atomic E-state index is 12.7. The summed E-state index contributed by atoms with van der Waals surface area (Å²) in [5.74, 6) is -4.92. The summed E-state index contributed by atoms with van der Waals surface area (Å²) in [4.78, 5) is 0. The first-order chi connectivity index (χ1) is 7.86. The van der Waals surface area contributed by atoms with E-state index in [4.69, 9.17) is 5.26 Å². The average molecular weight is 250 g/mol. The first-order valence-electron chi connectivity index (χ1n) is 4.46. The summed E-state index contributed by atoms with van der Waals surface area (Å²) in [6, 6.07) is 4.36. The van der Waals surface area contributed by atoms with E-state index in [0.29, 0.717) is 0 Å². The minimum atomic E-state index is -4.21. The van der Waals surface area contributed by atoms with E-state index in [1.165, 1.54) is 0 Å². The molecule has 1 rings (SSSR count). The van der Waals surface area contributed by atoms with Gasteiger partial charge < -0.3 is 5.32 Å². The molecule has 0 saturated heterocycles. The second kappa shape index (κ2) is 4.99. The van der Waals surface area contributed by atoms with Crippen LogP contribution in [-0.4, -0.2) is 18.9 Å². The third kappa shape index (κ3) is 3.31. The zero-order valence-electron chi connectivity index (χ0n) is 8.35. The Hall–Kier alpha value is -1.84. The molecule has 0 heterocycles. The first-order valence-corrected chi connectivity index (χ1v) is 4.46. The van der Waals surface area contributed by atoms with Crippen molar-refractivity contribution in [1.82, 2.24) is 0 Å². The van der Waals surface area contributed by atoms with E-state index in [2.05, 4.69) is 0 Å².